The van der Waals surface area contributed by atoms with Crippen LogP contribution in [0.4, 0.5) is 8.78 Å². The summed E-state index contributed by atoms with van der Waals surface area (Å²) < 4.78 is 44.7. The third kappa shape index (κ3) is 5.98. The molecule has 5 rings (SSSR count). The van der Waals surface area contributed by atoms with Gasteiger partial charge in [-0.2, -0.15) is 8.78 Å². The van der Waals surface area contributed by atoms with Crippen molar-refractivity contribution in [1.29, 1.82) is 0 Å². The van der Waals surface area contributed by atoms with Gasteiger partial charge in [0.25, 0.3) is 0 Å². The van der Waals surface area contributed by atoms with Gasteiger partial charge in [0, 0.05) is 0 Å². The van der Waals surface area contributed by atoms with Gasteiger partial charge >= 0.3 is 0 Å². The second-order valence-electron chi connectivity index (χ2n) is 10.7. The quantitative estimate of drug-likeness (QED) is 0.282. The summed E-state index contributed by atoms with van der Waals surface area (Å²) in [5.74, 6) is 1.60. The van der Waals surface area contributed by atoms with Crippen molar-refractivity contribution in [3.05, 3.63) is 89.0 Å². The van der Waals surface area contributed by atoms with Gasteiger partial charge < -0.3 is 14.2 Å². The van der Waals surface area contributed by atoms with Crippen LogP contribution in [0.3, 0.4) is 0 Å². The molecule has 4 unspecified atom stereocenters. The second-order valence-corrected chi connectivity index (χ2v) is 10.7. The molecule has 202 valence electrons. The van der Waals surface area contributed by atoms with Crippen LogP contribution in [0.15, 0.2) is 60.7 Å². The van der Waals surface area contributed by atoms with E-state index in [-0.39, 0.29) is 24.7 Å². The molecule has 0 amide bonds. The molecule has 0 aliphatic heterocycles. The van der Waals surface area contributed by atoms with E-state index in [1.807, 2.05) is 19.1 Å². The van der Waals surface area contributed by atoms with Crippen LogP contribution in [0.5, 0.6) is 17.2 Å². The summed E-state index contributed by atoms with van der Waals surface area (Å²) in [4.78, 5) is 0. The molecule has 0 spiro atoms. The van der Waals surface area contributed by atoms with Crippen LogP contribution in [-0.4, -0.2) is 13.2 Å². The third-order valence-electron chi connectivity index (χ3n) is 8.43. The minimum Gasteiger partial charge on any atom is -0.494 e. The average Bonchev–Trinajstić information content (AvgIpc) is 2.95. The molecule has 5 heteroatoms. The number of hydrogen-bond acceptors (Lipinski definition) is 3. The standard InChI is InChI=1S/C33H38F2O3/c1-3-36-29-15-13-24(14-16-29)26-10-12-27-19-25(9-11-28(27)20-26)23-7-5-22(6-8-23)21-38-31-18-17-30(37-4-2)32(34)33(31)35/h5-8,13-18,25-28H,3-4,9-12,19-21H2,1-2H3. The minimum atomic E-state index is -1.01. The van der Waals surface area contributed by atoms with E-state index in [0.717, 1.165) is 23.1 Å². The molecule has 0 N–H and O–H groups in total. The highest BCUT2D eigenvalue weighted by Gasteiger charge is 2.36. The van der Waals surface area contributed by atoms with E-state index in [0.29, 0.717) is 18.4 Å². The molecule has 0 bridgehead atoms. The fraction of sp³-hybridized carbons (Fsp3) is 0.455. The predicted octanol–water partition coefficient (Wildman–Crippen LogP) is 8.81. The van der Waals surface area contributed by atoms with E-state index < -0.39 is 11.6 Å². The van der Waals surface area contributed by atoms with Crippen LogP contribution >= 0.6 is 0 Å². The number of ether oxygens (including phenoxy) is 3. The molecule has 0 saturated heterocycles. The molecule has 0 heterocycles. The maximum Gasteiger partial charge on any atom is 0.204 e. The molecule has 2 aliphatic carbocycles. The zero-order chi connectivity index (χ0) is 26.5. The summed E-state index contributed by atoms with van der Waals surface area (Å²) in [6.45, 7) is 4.91. The first-order valence-corrected chi connectivity index (χ1v) is 14.1. The first kappa shape index (κ1) is 26.5. The molecule has 3 aromatic carbocycles. The summed E-state index contributed by atoms with van der Waals surface area (Å²) in [6, 6.07) is 20.0. The number of rotatable bonds is 9. The smallest absolute Gasteiger partial charge is 0.204 e. The number of halogens is 2. The Kier molecular flexibility index (Phi) is 8.51. The summed E-state index contributed by atoms with van der Waals surface area (Å²) >= 11 is 0. The van der Waals surface area contributed by atoms with Crippen LogP contribution in [0, 0.1) is 23.5 Å². The molecule has 0 radical (unpaired) electrons. The Morgan fingerprint density at radius 2 is 1.11 bits per heavy atom. The highest BCUT2D eigenvalue weighted by molar-refractivity contribution is 5.35. The molecule has 38 heavy (non-hydrogen) atoms. The lowest BCUT2D eigenvalue weighted by Crippen LogP contribution is -2.29. The van der Waals surface area contributed by atoms with Crippen molar-refractivity contribution in [3.8, 4) is 17.2 Å². The first-order valence-electron chi connectivity index (χ1n) is 14.1. The van der Waals surface area contributed by atoms with Gasteiger partial charge in [-0.1, -0.05) is 36.4 Å². The van der Waals surface area contributed by atoms with E-state index >= 15 is 0 Å². The Labute approximate surface area is 225 Å². The molecule has 0 aromatic heterocycles. The SMILES string of the molecule is CCOc1ccc(C2CCC3CC(c4ccc(COc5ccc(OCC)c(F)c5F)cc4)CCC3C2)cc1. The zero-order valence-corrected chi connectivity index (χ0v) is 22.4. The molecule has 2 saturated carbocycles. The predicted molar refractivity (Wildman–Crippen MR) is 146 cm³/mol. The van der Waals surface area contributed by atoms with Crippen molar-refractivity contribution >= 4 is 0 Å². The van der Waals surface area contributed by atoms with Crippen LogP contribution in [0.25, 0.3) is 0 Å². The summed E-state index contributed by atoms with van der Waals surface area (Å²) in [5, 5.41) is 0. The molecule has 4 atom stereocenters. The monoisotopic (exact) mass is 520 g/mol. The van der Waals surface area contributed by atoms with Crippen molar-refractivity contribution < 1.29 is 23.0 Å². The summed E-state index contributed by atoms with van der Waals surface area (Å²) in [5.41, 5.74) is 3.77. The highest BCUT2D eigenvalue weighted by Crippen LogP contribution is 2.50. The fourth-order valence-corrected chi connectivity index (χ4v) is 6.44. The van der Waals surface area contributed by atoms with Gasteiger partial charge in [0.15, 0.2) is 11.5 Å². The normalized spacial score (nSPS) is 22.9. The number of fused-ring (bicyclic) bond motifs is 1. The van der Waals surface area contributed by atoms with Crippen molar-refractivity contribution in [2.75, 3.05) is 13.2 Å². The van der Waals surface area contributed by atoms with E-state index in [4.69, 9.17) is 14.2 Å². The lowest BCUT2D eigenvalue weighted by Gasteiger charge is -2.42. The van der Waals surface area contributed by atoms with Gasteiger partial charge in [-0.15, -0.1) is 0 Å². The average molecular weight is 521 g/mol. The van der Waals surface area contributed by atoms with Crippen molar-refractivity contribution in [2.24, 2.45) is 11.8 Å². The zero-order valence-electron chi connectivity index (χ0n) is 22.4. The van der Waals surface area contributed by atoms with Crippen molar-refractivity contribution in [2.45, 2.75) is 70.8 Å². The summed E-state index contributed by atoms with van der Waals surface area (Å²) in [7, 11) is 0. The van der Waals surface area contributed by atoms with E-state index in [1.54, 1.807) is 6.92 Å². The number of benzene rings is 3. The molecular weight excluding hydrogens is 482 g/mol. The largest absolute Gasteiger partial charge is 0.494 e. The highest BCUT2D eigenvalue weighted by atomic mass is 19.2. The Morgan fingerprint density at radius 3 is 1.63 bits per heavy atom. The van der Waals surface area contributed by atoms with Crippen LogP contribution in [0.1, 0.15) is 80.9 Å². The lowest BCUT2D eigenvalue weighted by molar-refractivity contribution is 0.141. The molecular formula is C33H38F2O3. The summed E-state index contributed by atoms with van der Waals surface area (Å²) in [6.07, 6.45) is 7.63. The van der Waals surface area contributed by atoms with Gasteiger partial charge in [0.05, 0.1) is 13.2 Å². The maximum absolute atomic E-state index is 14.3. The van der Waals surface area contributed by atoms with Crippen molar-refractivity contribution in [1.82, 2.24) is 0 Å². The van der Waals surface area contributed by atoms with E-state index in [9.17, 15) is 8.78 Å². The van der Waals surface area contributed by atoms with E-state index in [1.165, 1.54) is 61.8 Å². The minimum absolute atomic E-state index is 0.0962. The molecule has 2 aliphatic rings. The van der Waals surface area contributed by atoms with Gasteiger partial charge in [-0.3, -0.25) is 0 Å². The number of hydrogen-bond donors (Lipinski definition) is 0. The molecule has 3 nitrogen and oxygen atoms in total. The fourth-order valence-electron chi connectivity index (χ4n) is 6.44. The van der Waals surface area contributed by atoms with Crippen LogP contribution in [0.2, 0.25) is 0 Å². The topological polar surface area (TPSA) is 27.7 Å². The second kappa shape index (κ2) is 12.2. The van der Waals surface area contributed by atoms with E-state index in [2.05, 4.69) is 36.4 Å². The van der Waals surface area contributed by atoms with Crippen LogP contribution < -0.4 is 14.2 Å². The third-order valence-corrected chi connectivity index (χ3v) is 8.43. The van der Waals surface area contributed by atoms with Gasteiger partial charge in [-0.25, -0.2) is 0 Å². The van der Waals surface area contributed by atoms with Gasteiger partial charge in [0.2, 0.25) is 11.6 Å². The molecule has 3 aromatic rings. The Hall–Kier alpha value is -3.08. The first-order chi connectivity index (χ1) is 18.6. The Morgan fingerprint density at radius 1 is 0.605 bits per heavy atom. The Bertz CT molecular complexity index is 1190. The lowest BCUT2D eigenvalue weighted by atomic mass is 9.63. The van der Waals surface area contributed by atoms with Gasteiger partial charge in [-0.05, 0) is 117 Å². The molecule has 2 fully saturated rings. The van der Waals surface area contributed by atoms with Gasteiger partial charge in [0.1, 0.15) is 12.4 Å². The van der Waals surface area contributed by atoms with Crippen molar-refractivity contribution in [3.63, 3.8) is 0 Å². The van der Waals surface area contributed by atoms with Crippen LogP contribution in [-0.2, 0) is 6.61 Å². The maximum atomic E-state index is 14.3. The Balaban J connectivity index is 1.14.